The second-order valence-electron chi connectivity index (χ2n) is 6.71. The van der Waals surface area contributed by atoms with Gasteiger partial charge in [-0.05, 0) is 37.8 Å². The molecule has 2 heterocycles. The fourth-order valence-corrected chi connectivity index (χ4v) is 3.33. The molecule has 1 aromatic carbocycles. The molecule has 0 unspecified atom stereocenters. The molecule has 3 rings (SSSR count). The lowest BCUT2D eigenvalue weighted by atomic mass is 10.2. The van der Waals surface area contributed by atoms with Crippen molar-refractivity contribution in [1.29, 1.82) is 0 Å². The van der Waals surface area contributed by atoms with Crippen molar-refractivity contribution in [2.24, 2.45) is 17.3 Å². The minimum atomic E-state index is 0.801. The molecule has 1 fully saturated rings. The normalized spacial score (nSPS) is 14.5. The van der Waals surface area contributed by atoms with Gasteiger partial charge < -0.3 is 15.4 Å². The molecule has 0 saturated carbocycles. The molecule has 0 amide bonds. The van der Waals surface area contributed by atoms with Crippen LogP contribution in [0.2, 0.25) is 0 Å². The summed E-state index contributed by atoms with van der Waals surface area (Å²) in [5, 5.41) is 8.93. The molecular formula is C19H30N6O+2. The summed E-state index contributed by atoms with van der Waals surface area (Å²) in [6.45, 7) is 4.08. The Kier molecular flexibility index (Phi) is 6.22. The van der Waals surface area contributed by atoms with Gasteiger partial charge in [0.1, 0.15) is 11.4 Å². The molecule has 1 aromatic heterocycles. The zero-order chi connectivity index (χ0) is 18.4. The first-order chi connectivity index (χ1) is 12.7. The zero-order valence-electron chi connectivity index (χ0n) is 15.9. The van der Waals surface area contributed by atoms with E-state index in [1.165, 1.54) is 12.8 Å². The van der Waals surface area contributed by atoms with Gasteiger partial charge in [-0.25, -0.2) is 9.13 Å². The SMILES string of the molecule is COc1cc(N=Nc2n(CCCC[NH3+])cc[n+]2C)ccc1N1CCCC1. The summed E-state index contributed by atoms with van der Waals surface area (Å²) in [5.41, 5.74) is 5.85. The van der Waals surface area contributed by atoms with Gasteiger partial charge in [-0.3, -0.25) is 0 Å². The number of hydrogen-bond donors (Lipinski definition) is 1. The first-order valence-corrected chi connectivity index (χ1v) is 9.41. The van der Waals surface area contributed by atoms with Crippen LogP contribution in [0.1, 0.15) is 25.7 Å². The molecule has 7 heteroatoms. The second-order valence-corrected chi connectivity index (χ2v) is 6.71. The van der Waals surface area contributed by atoms with Crippen LogP contribution in [0.5, 0.6) is 5.75 Å². The molecule has 1 aliphatic heterocycles. The number of quaternary nitrogens is 1. The van der Waals surface area contributed by atoms with E-state index in [9.17, 15) is 0 Å². The van der Waals surface area contributed by atoms with Gasteiger partial charge in [0.15, 0.2) is 0 Å². The highest BCUT2D eigenvalue weighted by Gasteiger charge is 2.18. The number of methoxy groups -OCH3 is 1. The molecule has 26 heavy (non-hydrogen) atoms. The molecule has 2 aromatic rings. The van der Waals surface area contributed by atoms with Crippen molar-refractivity contribution >= 4 is 17.3 Å². The van der Waals surface area contributed by atoms with Gasteiger partial charge in [0, 0.05) is 24.3 Å². The largest absolute Gasteiger partial charge is 0.495 e. The van der Waals surface area contributed by atoms with Crippen molar-refractivity contribution in [3.63, 3.8) is 0 Å². The number of ether oxygens (including phenoxy) is 1. The van der Waals surface area contributed by atoms with E-state index < -0.39 is 0 Å². The molecule has 7 nitrogen and oxygen atoms in total. The predicted octanol–water partition coefficient (Wildman–Crippen LogP) is 2.36. The minimum Gasteiger partial charge on any atom is -0.495 e. The third kappa shape index (κ3) is 4.22. The maximum absolute atomic E-state index is 5.59. The van der Waals surface area contributed by atoms with Gasteiger partial charge >= 0.3 is 5.95 Å². The number of nitrogens with zero attached hydrogens (tertiary/aromatic N) is 5. The van der Waals surface area contributed by atoms with Gasteiger partial charge in [-0.15, -0.1) is 0 Å². The van der Waals surface area contributed by atoms with Crippen LogP contribution in [0.4, 0.5) is 17.3 Å². The van der Waals surface area contributed by atoms with E-state index in [-0.39, 0.29) is 0 Å². The fraction of sp³-hybridized carbons (Fsp3) is 0.526. The number of anilines is 1. The van der Waals surface area contributed by atoms with Gasteiger partial charge in [0.05, 0.1) is 45.3 Å². The van der Waals surface area contributed by atoms with Gasteiger partial charge in [-0.2, -0.15) is 0 Å². The van der Waals surface area contributed by atoms with Gasteiger partial charge in [-0.1, -0.05) is 5.11 Å². The molecule has 1 saturated heterocycles. The average molecular weight is 358 g/mol. The Balaban J connectivity index is 1.77. The smallest absolute Gasteiger partial charge is 0.421 e. The van der Waals surface area contributed by atoms with Crippen molar-refractivity contribution in [3.05, 3.63) is 30.6 Å². The van der Waals surface area contributed by atoms with E-state index >= 15 is 0 Å². The van der Waals surface area contributed by atoms with Crippen LogP contribution < -0.4 is 19.9 Å². The third-order valence-electron chi connectivity index (χ3n) is 4.81. The van der Waals surface area contributed by atoms with E-state index in [4.69, 9.17) is 4.74 Å². The Morgan fingerprint density at radius 3 is 2.73 bits per heavy atom. The molecular weight excluding hydrogens is 328 g/mol. The zero-order valence-corrected chi connectivity index (χ0v) is 15.9. The van der Waals surface area contributed by atoms with E-state index in [2.05, 4.69) is 37.7 Å². The van der Waals surface area contributed by atoms with Crippen LogP contribution in [-0.4, -0.2) is 31.3 Å². The molecule has 1 aliphatic rings. The number of benzene rings is 1. The van der Waals surface area contributed by atoms with Gasteiger partial charge in [0.2, 0.25) is 0 Å². The summed E-state index contributed by atoms with van der Waals surface area (Å²) in [7, 11) is 3.70. The van der Waals surface area contributed by atoms with E-state index in [1.807, 2.05) is 29.9 Å². The summed E-state index contributed by atoms with van der Waals surface area (Å²) in [6, 6.07) is 6.06. The number of unbranched alkanes of at least 4 members (excludes halogenated alkanes) is 1. The van der Waals surface area contributed by atoms with E-state index in [0.717, 1.165) is 62.1 Å². The molecule has 0 radical (unpaired) electrons. The van der Waals surface area contributed by atoms with Crippen molar-refractivity contribution < 1.29 is 15.0 Å². The maximum atomic E-state index is 5.59. The van der Waals surface area contributed by atoms with Crippen LogP contribution in [-0.2, 0) is 13.6 Å². The monoisotopic (exact) mass is 358 g/mol. The number of aryl methyl sites for hydroxylation is 2. The number of rotatable bonds is 8. The number of aromatic nitrogens is 2. The van der Waals surface area contributed by atoms with Crippen LogP contribution in [0.25, 0.3) is 0 Å². The lowest BCUT2D eigenvalue weighted by molar-refractivity contribution is -0.657. The van der Waals surface area contributed by atoms with Gasteiger partial charge in [0.25, 0.3) is 0 Å². The predicted molar refractivity (Wildman–Crippen MR) is 101 cm³/mol. The molecule has 140 valence electrons. The Labute approximate surface area is 155 Å². The highest BCUT2D eigenvalue weighted by atomic mass is 16.5. The molecule has 0 atom stereocenters. The van der Waals surface area contributed by atoms with Crippen LogP contribution >= 0.6 is 0 Å². The van der Waals surface area contributed by atoms with Crippen LogP contribution in [0.3, 0.4) is 0 Å². The average Bonchev–Trinajstić information content (AvgIpc) is 3.30. The first kappa shape index (κ1) is 18.4. The lowest BCUT2D eigenvalue weighted by Gasteiger charge is -2.20. The lowest BCUT2D eigenvalue weighted by Crippen LogP contribution is -2.50. The van der Waals surface area contributed by atoms with Crippen molar-refractivity contribution in [2.45, 2.75) is 32.2 Å². The maximum Gasteiger partial charge on any atom is 0.421 e. The highest BCUT2D eigenvalue weighted by Crippen LogP contribution is 2.34. The molecule has 0 bridgehead atoms. The number of imidazole rings is 1. The number of hydrogen-bond acceptors (Lipinski definition) is 4. The Hall–Kier alpha value is -2.41. The van der Waals surface area contributed by atoms with Crippen molar-refractivity contribution in [2.75, 3.05) is 31.6 Å². The summed E-state index contributed by atoms with van der Waals surface area (Å²) in [4.78, 5) is 2.37. The van der Waals surface area contributed by atoms with Crippen LogP contribution in [0, 0.1) is 0 Å². The summed E-state index contributed by atoms with van der Waals surface area (Å²) < 4.78 is 9.71. The van der Waals surface area contributed by atoms with Crippen molar-refractivity contribution in [3.8, 4) is 5.75 Å². The first-order valence-electron chi connectivity index (χ1n) is 9.41. The Bertz CT molecular complexity index is 748. The highest BCUT2D eigenvalue weighted by molar-refractivity contribution is 5.64. The summed E-state index contributed by atoms with van der Waals surface area (Å²) in [6.07, 6.45) is 8.76. The minimum absolute atomic E-state index is 0.801. The van der Waals surface area contributed by atoms with Crippen LogP contribution in [0.15, 0.2) is 40.8 Å². The molecule has 0 aliphatic carbocycles. The van der Waals surface area contributed by atoms with E-state index in [0.29, 0.717) is 0 Å². The topological polar surface area (TPSA) is 73.6 Å². The Morgan fingerprint density at radius 1 is 1.19 bits per heavy atom. The standard InChI is InChI=1S/C19H29N6O/c1-23-13-14-25(12-4-3-9-20)19(23)22-21-16-7-8-17(18(15-16)26-2)24-10-5-6-11-24/h7-8,13-15H,3-6,9-12,20H2,1-2H3/q+1/p+1. The van der Waals surface area contributed by atoms with E-state index in [1.54, 1.807) is 7.11 Å². The quantitative estimate of drug-likeness (QED) is 0.447. The summed E-state index contributed by atoms with van der Waals surface area (Å²) >= 11 is 0. The Morgan fingerprint density at radius 2 is 2.00 bits per heavy atom. The molecule has 0 spiro atoms. The second kappa shape index (κ2) is 8.80. The molecule has 3 N–H and O–H groups in total. The summed E-state index contributed by atoms with van der Waals surface area (Å²) in [5.74, 6) is 1.70. The fourth-order valence-electron chi connectivity index (χ4n) is 3.33. The number of azo groups is 1. The third-order valence-corrected chi connectivity index (χ3v) is 4.81. The van der Waals surface area contributed by atoms with Crippen molar-refractivity contribution in [1.82, 2.24) is 4.57 Å².